The number of rotatable bonds is 6. The molecule has 2 aromatic rings. The minimum Gasteiger partial charge on any atom is -0.330 e. The number of aryl methyl sites for hydroxylation is 1. The van der Waals surface area contributed by atoms with E-state index in [1.165, 1.54) is 0 Å². The predicted octanol–water partition coefficient (Wildman–Crippen LogP) is 3.29. The molecular weight excluding hydrogens is 455 g/mol. The highest BCUT2D eigenvalue weighted by molar-refractivity contribution is 7.89. The number of nitrogens with one attached hydrogen (secondary N) is 1. The van der Waals surface area contributed by atoms with Gasteiger partial charge in [-0.3, -0.25) is 4.98 Å². The lowest BCUT2D eigenvalue weighted by Crippen LogP contribution is -2.43. The van der Waals surface area contributed by atoms with Crippen molar-refractivity contribution in [3.8, 4) is 0 Å². The molecule has 1 unspecified atom stereocenters. The normalized spacial score (nSPS) is 17.5. The fourth-order valence-electron chi connectivity index (χ4n) is 3.71. The molecule has 166 valence electrons. The minimum absolute atomic E-state index is 0. The Hall–Kier alpha value is -0.670. The van der Waals surface area contributed by atoms with Crippen molar-refractivity contribution in [2.24, 2.45) is 5.73 Å². The van der Waals surface area contributed by atoms with Crippen LogP contribution in [0.25, 0.3) is 10.8 Å². The summed E-state index contributed by atoms with van der Waals surface area (Å²) in [5, 5.41) is 5.02. The van der Waals surface area contributed by atoms with E-state index in [1.54, 1.807) is 28.8 Å². The van der Waals surface area contributed by atoms with Crippen LogP contribution in [0.5, 0.6) is 0 Å². The summed E-state index contributed by atoms with van der Waals surface area (Å²) >= 11 is 0. The van der Waals surface area contributed by atoms with Gasteiger partial charge in [0.05, 0.1) is 4.90 Å². The van der Waals surface area contributed by atoms with Crippen LogP contribution in [0.2, 0.25) is 0 Å². The summed E-state index contributed by atoms with van der Waals surface area (Å²) in [4.78, 5) is 4.59. The molecule has 0 spiro atoms. The van der Waals surface area contributed by atoms with Crippen molar-refractivity contribution >= 4 is 58.0 Å². The topological polar surface area (TPSA) is 88.3 Å². The van der Waals surface area contributed by atoms with Gasteiger partial charge in [0.2, 0.25) is 10.0 Å². The third-order valence-electron chi connectivity index (χ3n) is 5.03. The zero-order chi connectivity index (χ0) is 18.6. The molecular formula is C19H31Cl3N4O2S. The first-order chi connectivity index (χ1) is 12.6. The summed E-state index contributed by atoms with van der Waals surface area (Å²) in [7, 11) is -3.59. The number of hydrogen-bond acceptors (Lipinski definition) is 5. The number of aromatic nitrogens is 1. The number of pyridine rings is 1. The molecule has 10 heteroatoms. The molecule has 1 aromatic carbocycles. The van der Waals surface area contributed by atoms with Crippen molar-refractivity contribution in [1.82, 2.24) is 14.6 Å². The average Bonchev–Trinajstić information content (AvgIpc) is 2.88. The van der Waals surface area contributed by atoms with E-state index >= 15 is 0 Å². The van der Waals surface area contributed by atoms with E-state index < -0.39 is 10.0 Å². The maximum Gasteiger partial charge on any atom is 0.243 e. The van der Waals surface area contributed by atoms with Crippen LogP contribution in [0.3, 0.4) is 0 Å². The lowest BCUT2D eigenvalue weighted by atomic mass is 10.1. The van der Waals surface area contributed by atoms with Crippen LogP contribution < -0.4 is 11.1 Å². The number of fused-ring (bicyclic) bond motifs is 1. The Morgan fingerprint density at radius 2 is 1.97 bits per heavy atom. The Labute approximate surface area is 192 Å². The molecule has 29 heavy (non-hydrogen) atoms. The van der Waals surface area contributed by atoms with Crippen LogP contribution in [0.1, 0.15) is 31.2 Å². The zero-order valence-electron chi connectivity index (χ0n) is 16.5. The zero-order valence-corrected chi connectivity index (χ0v) is 19.8. The van der Waals surface area contributed by atoms with Crippen molar-refractivity contribution in [2.75, 3.05) is 26.2 Å². The molecule has 2 heterocycles. The van der Waals surface area contributed by atoms with Crippen LogP contribution in [-0.4, -0.2) is 49.9 Å². The molecule has 0 aliphatic carbocycles. The van der Waals surface area contributed by atoms with E-state index in [0.717, 1.165) is 48.6 Å². The maximum atomic E-state index is 13.6. The molecule has 3 N–H and O–H groups in total. The minimum atomic E-state index is -3.59. The molecule has 3 rings (SSSR count). The van der Waals surface area contributed by atoms with Gasteiger partial charge in [-0.05, 0) is 50.9 Å². The number of hydrogen-bond donors (Lipinski definition) is 2. The van der Waals surface area contributed by atoms with Crippen molar-refractivity contribution in [3.63, 3.8) is 0 Å². The molecule has 0 radical (unpaired) electrons. The van der Waals surface area contributed by atoms with Gasteiger partial charge in [0.25, 0.3) is 0 Å². The number of nitrogens with two attached hydrogens (primary N) is 1. The standard InChI is InChI=1S/C19H28N4O2S.3ClH/c1-15-12-22-13-16-6-4-8-18(19(15)16)26(24,25)23-11-5-10-21-14-17(23)7-2-3-9-20;;;/h4,6,8,12-13,17,21H,2-3,5,7,9-11,14,20H2,1H3;3*1H. The van der Waals surface area contributed by atoms with Crippen LogP contribution in [-0.2, 0) is 10.0 Å². The quantitative estimate of drug-likeness (QED) is 0.613. The van der Waals surface area contributed by atoms with Gasteiger partial charge >= 0.3 is 0 Å². The fourth-order valence-corrected chi connectivity index (χ4v) is 5.69. The summed E-state index contributed by atoms with van der Waals surface area (Å²) in [6.07, 6.45) is 6.96. The van der Waals surface area contributed by atoms with Gasteiger partial charge in [0.15, 0.2) is 0 Å². The molecule has 1 saturated heterocycles. The Morgan fingerprint density at radius 1 is 1.21 bits per heavy atom. The Kier molecular flexibility index (Phi) is 12.6. The van der Waals surface area contributed by atoms with Gasteiger partial charge < -0.3 is 11.1 Å². The van der Waals surface area contributed by atoms with E-state index in [4.69, 9.17) is 5.73 Å². The highest BCUT2D eigenvalue weighted by atomic mass is 35.5. The van der Waals surface area contributed by atoms with Gasteiger partial charge in [0, 0.05) is 42.3 Å². The highest BCUT2D eigenvalue weighted by Gasteiger charge is 2.33. The third-order valence-corrected chi connectivity index (χ3v) is 7.03. The van der Waals surface area contributed by atoms with Crippen LogP contribution >= 0.6 is 37.2 Å². The van der Waals surface area contributed by atoms with Crippen LogP contribution in [0, 0.1) is 6.92 Å². The van der Waals surface area contributed by atoms with Gasteiger partial charge in [-0.15, -0.1) is 37.2 Å². The maximum absolute atomic E-state index is 13.6. The van der Waals surface area contributed by atoms with E-state index in [9.17, 15) is 8.42 Å². The number of sulfonamides is 1. The lowest BCUT2D eigenvalue weighted by molar-refractivity contribution is 0.313. The first-order valence-electron chi connectivity index (χ1n) is 9.31. The van der Waals surface area contributed by atoms with Gasteiger partial charge in [0.1, 0.15) is 0 Å². The Balaban J connectivity index is 0.00000261. The fraction of sp³-hybridized carbons (Fsp3) is 0.526. The molecule has 0 saturated carbocycles. The molecule has 6 nitrogen and oxygen atoms in total. The highest BCUT2D eigenvalue weighted by Crippen LogP contribution is 2.30. The van der Waals surface area contributed by atoms with E-state index in [2.05, 4.69) is 10.3 Å². The first-order valence-corrected chi connectivity index (χ1v) is 10.8. The van der Waals surface area contributed by atoms with Crippen molar-refractivity contribution in [2.45, 2.75) is 43.5 Å². The summed E-state index contributed by atoms with van der Waals surface area (Å²) in [6, 6.07) is 5.40. The number of benzene rings is 1. The molecule has 1 atom stereocenters. The SMILES string of the molecule is Cc1cncc2cccc(S(=O)(=O)N3CCCNCC3CCCCN)c12.Cl.Cl.Cl. The summed E-state index contributed by atoms with van der Waals surface area (Å²) in [5.41, 5.74) is 6.50. The van der Waals surface area contributed by atoms with Crippen molar-refractivity contribution in [3.05, 3.63) is 36.2 Å². The largest absolute Gasteiger partial charge is 0.330 e. The lowest BCUT2D eigenvalue weighted by Gasteiger charge is -2.29. The molecule has 0 bridgehead atoms. The smallest absolute Gasteiger partial charge is 0.243 e. The second-order valence-electron chi connectivity index (χ2n) is 6.92. The number of halogens is 3. The second-order valence-corrected chi connectivity index (χ2v) is 8.78. The van der Waals surface area contributed by atoms with E-state index in [1.807, 2.05) is 13.0 Å². The third kappa shape index (κ3) is 6.40. The Bertz CT molecular complexity index is 862. The van der Waals surface area contributed by atoms with Crippen LogP contribution in [0.15, 0.2) is 35.5 Å². The molecule has 1 aromatic heterocycles. The molecule has 1 fully saturated rings. The first kappa shape index (κ1) is 28.3. The van der Waals surface area contributed by atoms with Gasteiger partial charge in [-0.1, -0.05) is 18.6 Å². The average molecular weight is 486 g/mol. The molecule has 0 amide bonds. The van der Waals surface area contributed by atoms with Gasteiger partial charge in [-0.25, -0.2) is 8.42 Å². The molecule has 1 aliphatic rings. The molecule has 1 aliphatic heterocycles. The predicted molar refractivity (Wildman–Crippen MR) is 126 cm³/mol. The van der Waals surface area contributed by atoms with Crippen molar-refractivity contribution in [1.29, 1.82) is 0 Å². The number of unbranched alkanes of at least 4 members (excludes halogenated alkanes) is 1. The number of nitrogens with zero attached hydrogens (tertiary/aromatic N) is 2. The van der Waals surface area contributed by atoms with Gasteiger partial charge in [-0.2, -0.15) is 4.31 Å². The van der Waals surface area contributed by atoms with E-state index in [-0.39, 0.29) is 43.3 Å². The summed E-state index contributed by atoms with van der Waals surface area (Å²) in [5.74, 6) is 0. The monoisotopic (exact) mass is 484 g/mol. The van der Waals surface area contributed by atoms with Crippen LogP contribution in [0.4, 0.5) is 0 Å². The Morgan fingerprint density at radius 3 is 2.69 bits per heavy atom. The second kappa shape index (κ2) is 12.9. The van der Waals surface area contributed by atoms with Crippen molar-refractivity contribution < 1.29 is 8.42 Å². The van der Waals surface area contributed by atoms with E-state index in [0.29, 0.717) is 24.5 Å². The summed E-state index contributed by atoms with van der Waals surface area (Å²) in [6.45, 7) is 4.63. The summed E-state index contributed by atoms with van der Waals surface area (Å²) < 4.78 is 28.9.